The molecule has 4 nitrogen and oxygen atoms in total. The Balaban J connectivity index is 1.80. The molecule has 3 atom stereocenters. The Morgan fingerprint density at radius 3 is 2.86 bits per heavy atom. The second kappa shape index (κ2) is 6.75. The lowest BCUT2D eigenvalue weighted by atomic mass is 9.91. The van der Waals surface area contributed by atoms with Gasteiger partial charge in [0.2, 0.25) is 5.91 Å². The second-order valence-electron chi connectivity index (χ2n) is 6.01. The van der Waals surface area contributed by atoms with Crippen LogP contribution in [0.5, 0.6) is 0 Å². The number of likely N-dealkylation sites (tertiary alicyclic amines) is 1. The maximum Gasteiger partial charge on any atom is 0.240 e. The minimum atomic E-state index is -0.246. The highest BCUT2D eigenvalue weighted by molar-refractivity contribution is 6.42. The first kappa shape index (κ1) is 16.1. The zero-order valence-electron chi connectivity index (χ0n) is 12.3. The molecule has 22 heavy (non-hydrogen) atoms. The number of aliphatic hydroxyl groups excluding tert-OH is 1. The predicted molar refractivity (Wildman–Crippen MR) is 87.4 cm³/mol. The smallest absolute Gasteiger partial charge is 0.240 e. The number of aliphatic hydroxyl groups is 1. The van der Waals surface area contributed by atoms with Crippen LogP contribution in [-0.4, -0.2) is 47.7 Å². The average Bonchev–Trinajstić information content (AvgIpc) is 3.17. The molecule has 2 N–H and O–H groups in total. The highest BCUT2D eigenvalue weighted by atomic mass is 35.5. The number of rotatable bonds is 3. The molecule has 2 aliphatic rings. The molecular weight excluding hydrogens is 323 g/mol. The van der Waals surface area contributed by atoms with Gasteiger partial charge in [0.1, 0.15) is 0 Å². The molecule has 0 unspecified atom stereocenters. The van der Waals surface area contributed by atoms with E-state index in [-0.39, 0.29) is 30.5 Å². The number of hydrogen-bond donors (Lipinski definition) is 2. The third-order valence-corrected chi connectivity index (χ3v) is 5.47. The number of amides is 1. The van der Waals surface area contributed by atoms with Crippen molar-refractivity contribution >= 4 is 29.1 Å². The van der Waals surface area contributed by atoms with Crippen molar-refractivity contribution in [2.24, 2.45) is 0 Å². The van der Waals surface area contributed by atoms with Crippen molar-refractivity contribution in [3.05, 3.63) is 33.8 Å². The van der Waals surface area contributed by atoms with E-state index in [0.29, 0.717) is 10.0 Å². The van der Waals surface area contributed by atoms with Crippen molar-refractivity contribution in [3.63, 3.8) is 0 Å². The van der Waals surface area contributed by atoms with Crippen molar-refractivity contribution in [2.75, 3.05) is 19.7 Å². The zero-order chi connectivity index (χ0) is 15.7. The molecule has 0 saturated carbocycles. The van der Waals surface area contributed by atoms with E-state index in [0.717, 1.165) is 37.9 Å². The molecule has 2 heterocycles. The summed E-state index contributed by atoms with van der Waals surface area (Å²) in [5.74, 6) is 0.187. The van der Waals surface area contributed by atoms with Crippen LogP contribution in [0.1, 0.15) is 30.7 Å². The molecule has 0 aromatic heterocycles. The van der Waals surface area contributed by atoms with Gasteiger partial charge in [0.05, 0.1) is 28.7 Å². The number of nitrogens with one attached hydrogen (secondary N) is 1. The molecular formula is C16H20Cl2N2O2. The lowest BCUT2D eigenvalue weighted by molar-refractivity contribution is -0.135. The Morgan fingerprint density at radius 1 is 1.32 bits per heavy atom. The fourth-order valence-electron chi connectivity index (χ4n) is 3.56. The zero-order valence-corrected chi connectivity index (χ0v) is 13.8. The molecule has 2 fully saturated rings. The van der Waals surface area contributed by atoms with Crippen LogP contribution in [0.15, 0.2) is 18.2 Å². The summed E-state index contributed by atoms with van der Waals surface area (Å²) >= 11 is 12.1. The summed E-state index contributed by atoms with van der Waals surface area (Å²) < 4.78 is 0. The van der Waals surface area contributed by atoms with Crippen LogP contribution in [0.3, 0.4) is 0 Å². The summed E-state index contributed by atoms with van der Waals surface area (Å²) in [6.07, 6.45) is 2.74. The highest BCUT2D eigenvalue weighted by Crippen LogP contribution is 2.34. The molecule has 2 saturated heterocycles. The molecule has 1 aromatic carbocycles. The van der Waals surface area contributed by atoms with E-state index in [1.165, 1.54) is 0 Å². The standard InChI is InChI=1S/C16H20Cl2N2O2/c17-13-4-3-10(8-14(13)18)12-5-6-19-15(12)16(22)20-7-1-2-11(20)9-21/h3-4,8,11-12,15,19,21H,1-2,5-7,9H2/t11-,12-,15-/m1/s1. The molecule has 0 bridgehead atoms. The highest BCUT2D eigenvalue weighted by Gasteiger charge is 2.39. The van der Waals surface area contributed by atoms with E-state index in [4.69, 9.17) is 23.2 Å². The van der Waals surface area contributed by atoms with Gasteiger partial charge in [-0.1, -0.05) is 29.3 Å². The van der Waals surface area contributed by atoms with Gasteiger partial charge in [-0.25, -0.2) is 0 Å². The van der Waals surface area contributed by atoms with Crippen molar-refractivity contribution in [1.29, 1.82) is 0 Å². The summed E-state index contributed by atoms with van der Waals surface area (Å²) in [5.41, 5.74) is 1.04. The lowest BCUT2D eigenvalue weighted by Crippen LogP contribution is -2.48. The number of carbonyl (C=O) groups is 1. The minimum Gasteiger partial charge on any atom is -0.394 e. The van der Waals surface area contributed by atoms with E-state index in [1.54, 1.807) is 6.07 Å². The summed E-state index contributed by atoms with van der Waals surface area (Å²) in [5, 5.41) is 13.8. The van der Waals surface area contributed by atoms with Gasteiger partial charge < -0.3 is 15.3 Å². The van der Waals surface area contributed by atoms with Gasteiger partial charge in [0, 0.05) is 12.5 Å². The Bertz CT molecular complexity index is 567. The third-order valence-electron chi connectivity index (χ3n) is 4.73. The van der Waals surface area contributed by atoms with Gasteiger partial charge in [0.25, 0.3) is 0 Å². The Labute approximate surface area is 140 Å². The van der Waals surface area contributed by atoms with Crippen LogP contribution in [-0.2, 0) is 4.79 Å². The summed E-state index contributed by atoms with van der Waals surface area (Å²) in [6, 6.07) is 5.30. The lowest BCUT2D eigenvalue weighted by Gasteiger charge is -2.29. The molecule has 6 heteroatoms. The van der Waals surface area contributed by atoms with Gasteiger partial charge in [-0.15, -0.1) is 0 Å². The number of benzene rings is 1. The molecule has 1 aromatic rings. The van der Waals surface area contributed by atoms with E-state index in [2.05, 4.69) is 5.32 Å². The maximum atomic E-state index is 12.8. The van der Waals surface area contributed by atoms with Gasteiger partial charge in [-0.3, -0.25) is 4.79 Å². The second-order valence-corrected chi connectivity index (χ2v) is 6.83. The van der Waals surface area contributed by atoms with Crippen LogP contribution < -0.4 is 5.32 Å². The fourth-order valence-corrected chi connectivity index (χ4v) is 3.87. The Morgan fingerprint density at radius 2 is 2.14 bits per heavy atom. The Hall–Kier alpha value is -0.810. The molecule has 0 aliphatic carbocycles. The average molecular weight is 343 g/mol. The van der Waals surface area contributed by atoms with Gasteiger partial charge >= 0.3 is 0 Å². The first-order valence-electron chi connectivity index (χ1n) is 7.71. The fraction of sp³-hybridized carbons (Fsp3) is 0.562. The maximum absolute atomic E-state index is 12.8. The molecule has 0 spiro atoms. The predicted octanol–water partition coefficient (Wildman–Crippen LogP) is 2.42. The normalized spacial score (nSPS) is 28.3. The summed E-state index contributed by atoms with van der Waals surface area (Å²) in [6.45, 7) is 1.57. The summed E-state index contributed by atoms with van der Waals surface area (Å²) in [4.78, 5) is 14.7. The van der Waals surface area contributed by atoms with Crippen molar-refractivity contribution in [1.82, 2.24) is 10.2 Å². The van der Waals surface area contributed by atoms with E-state index < -0.39 is 0 Å². The van der Waals surface area contributed by atoms with Crippen molar-refractivity contribution in [2.45, 2.75) is 37.3 Å². The monoisotopic (exact) mass is 342 g/mol. The van der Waals surface area contributed by atoms with Gasteiger partial charge in [-0.2, -0.15) is 0 Å². The molecule has 2 aliphatic heterocycles. The molecule has 120 valence electrons. The van der Waals surface area contributed by atoms with Gasteiger partial charge in [0.15, 0.2) is 0 Å². The number of halogens is 2. The quantitative estimate of drug-likeness (QED) is 0.886. The summed E-state index contributed by atoms with van der Waals surface area (Å²) in [7, 11) is 0. The largest absolute Gasteiger partial charge is 0.394 e. The van der Waals surface area contributed by atoms with E-state index in [9.17, 15) is 9.90 Å². The van der Waals surface area contributed by atoms with E-state index in [1.807, 2.05) is 17.0 Å². The van der Waals surface area contributed by atoms with E-state index >= 15 is 0 Å². The first-order valence-corrected chi connectivity index (χ1v) is 8.47. The number of nitrogens with zero attached hydrogens (tertiary/aromatic N) is 1. The van der Waals surface area contributed by atoms with Crippen LogP contribution in [0.4, 0.5) is 0 Å². The van der Waals surface area contributed by atoms with Crippen LogP contribution in [0.2, 0.25) is 10.0 Å². The molecule has 1 amide bonds. The minimum absolute atomic E-state index is 0.0376. The number of hydrogen-bond acceptors (Lipinski definition) is 3. The van der Waals surface area contributed by atoms with Crippen LogP contribution in [0, 0.1) is 0 Å². The number of carbonyl (C=O) groups excluding carboxylic acids is 1. The Kier molecular flexibility index (Phi) is 4.93. The topological polar surface area (TPSA) is 52.6 Å². The van der Waals surface area contributed by atoms with Crippen LogP contribution >= 0.6 is 23.2 Å². The first-order chi connectivity index (χ1) is 10.6. The SMILES string of the molecule is O=C([C@@H]1NCC[C@@H]1c1ccc(Cl)c(Cl)c1)N1CCC[C@@H]1CO. The van der Waals surface area contributed by atoms with Crippen molar-refractivity contribution < 1.29 is 9.90 Å². The molecule has 3 rings (SSSR count). The van der Waals surface area contributed by atoms with Crippen molar-refractivity contribution in [3.8, 4) is 0 Å². The molecule has 0 radical (unpaired) electrons. The van der Waals surface area contributed by atoms with Gasteiger partial charge in [-0.05, 0) is 43.5 Å². The third kappa shape index (κ3) is 2.98. The van der Waals surface area contributed by atoms with Crippen LogP contribution in [0.25, 0.3) is 0 Å².